The zero-order valence-electron chi connectivity index (χ0n) is 16.3. The largest absolute Gasteiger partial charge is 0.338 e. The number of benzene rings is 2. The molecule has 4 rings (SSSR count). The predicted molar refractivity (Wildman–Crippen MR) is 124 cm³/mol. The molecule has 0 saturated heterocycles. The van der Waals surface area contributed by atoms with Crippen molar-refractivity contribution in [2.75, 3.05) is 5.32 Å². The highest BCUT2D eigenvalue weighted by molar-refractivity contribution is 7.98. The lowest BCUT2D eigenvalue weighted by atomic mass is 10.1. The van der Waals surface area contributed by atoms with Gasteiger partial charge in [0.15, 0.2) is 11.0 Å². The molecule has 1 amide bonds. The minimum atomic E-state index is -0.230. The first kappa shape index (κ1) is 21.8. The van der Waals surface area contributed by atoms with Crippen molar-refractivity contribution in [3.63, 3.8) is 0 Å². The molecule has 0 fully saturated rings. The first-order valence-corrected chi connectivity index (χ1v) is 11.7. The Balaban J connectivity index is 1.43. The number of amides is 1. The standard InChI is InChI=1S/C21H16Cl2N4O2S2/c1-12-25-19(29-27-12)11-30-18-5-3-2-4-16(18)20(28)26-21-24-10-15(31-21)9-13-8-14(22)6-7-17(13)23/h2-8,10H,9,11H2,1H3,(H,24,26,28). The van der Waals surface area contributed by atoms with Crippen LogP contribution in [0, 0.1) is 6.92 Å². The van der Waals surface area contributed by atoms with Crippen LogP contribution < -0.4 is 5.32 Å². The van der Waals surface area contributed by atoms with Gasteiger partial charge in [-0.1, -0.05) is 40.5 Å². The maximum absolute atomic E-state index is 12.9. The average molecular weight is 491 g/mol. The summed E-state index contributed by atoms with van der Waals surface area (Å²) in [4.78, 5) is 23.2. The van der Waals surface area contributed by atoms with E-state index in [1.54, 1.807) is 31.3 Å². The molecule has 2 aromatic carbocycles. The first-order chi connectivity index (χ1) is 15.0. The van der Waals surface area contributed by atoms with Crippen molar-refractivity contribution in [2.45, 2.75) is 24.0 Å². The summed E-state index contributed by atoms with van der Waals surface area (Å²) in [7, 11) is 0. The molecule has 0 aliphatic carbocycles. The van der Waals surface area contributed by atoms with Gasteiger partial charge in [0.2, 0.25) is 5.89 Å². The third-order valence-electron chi connectivity index (χ3n) is 4.20. The Morgan fingerprint density at radius 3 is 2.87 bits per heavy atom. The minimum Gasteiger partial charge on any atom is -0.338 e. The SMILES string of the molecule is Cc1noc(CSc2ccccc2C(=O)Nc2ncc(Cc3cc(Cl)ccc3Cl)s2)n1. The number of halogens is 2. The van der Waals surface area contributed by atoms with Gasteiger partial charge in [-0.25, -0.2) is 4.98 Å². The topological polar surface area (TPSA) is 80.9 Å². The number of anilines is 1. The smallest absolute Gasteiger partial charge is 0.258 e. The van der Waals surface area contributed by atoms with Crippen LogP contribution in [0.2, 0.25) is 10.0 Å². The summed E-state index contributed by atoms with van der Waals surface area (Å²) in [6, 6.07) is 12.7. The fraction of sp³-hybridized carbons (Fsp3) is 0.143. The molecule has 0 bridgehead atoms. The van der Waals surface area contributed by atoms with Gasteiger partial charge in [-0.15, -0.1) is 23.1 Å². The van der Waals surface area contributed by atoms with E-state index in [0.29, 0.717) is 44.6 Å². The monoisotopic (exact) mass is 490 g/mol. The zero-order chi connectivity index (χ0) is 21.8. The molecule has 158 valence electrons. The molecule has 4 aromatic rings. The molecule has 2 aromatic heterocycles. The molecule has 0 aliphatic rings. The van der Waals surface area contributed by atoms with Crippen LogP contribution in [-0.4, -0.2) is 21.0 Å². The third kappa shape index (κ3) is 5.65. The quantitative estimate of drug-likeness (QED) is 0.307. The van der Waals surface area contributed by atoms with Gasteiger partial charge < -0.3 is 4.52 Å². The Labute approximate surface area is 197 Å². The van der Waals surface area contributed by atoms with Gasteiger partial charge >= 0.3 is 0 Å². The number of hydrogen-bond acceptors (Lipinski definition) is 7. The molecule has 2 heterocycles. The maximum atomic E-state index is 12.9. The number of carbonyl (C=O) groups excluding carboxylic acids is 1. The molecular formula is C21H16Cl2N4O2S2. The second-order valence-electron chi connectivity index (χ2n) is 6.52. The number of nitrogens with one attached hydrogen (secondary N) is 1. The van der Waals surface area contributed by atoms with Gasteiger partial charge in [-0.05, 0) is 42.8 Å². The van der Waals surface area contributed by atoms with E-state index in [1.165, 1.54) is 23.1 Å². The van der Waals surface area contributed by atoms with Gasteiger partial charge in [0.1, 0.15) is 0 Å². The summed E-state index contributed by atoms with van der Waals surface area (Å²) in [5, 5.41) is 8.45. The highest BCUT2D eigenvalue weighted by atomic mass is 35.5. The molecule has 0 saturated carbocycles. The summed E-state index contributed by atoms with van der Waals surface area (Å²) in [5.41, 5.74) is 1.46. The fourth-order valence-electron chi connectivity index (χ4n) is 2.80. The Bertz CT molecular complexity index is 1230. The van der Waals surface area contributed by atoms with E-state index in [1.807, 2.05) is 24.3 Å². The van der Waals surface area contributed by atoms with Crippen LogP contribution in [-0.2, 0) is 12.2 Å². The van der Waals surface area contributed by atoms with E-state index in [2.05, 4.69) is 20.4 Å². The Kier molecular flexibility index (Phi) is 6.92. The summed E-state index contributed by atoms with van der Waals surface area (Å²) in [5.74, 6) is 1.35. The van der Waals surface area contributed by atoms with E-state index < -0.39 is 0 Å². The molecular weight excluding hydrogens is 475 g/mol. The van der Waals surface area contributed by atoms with Gasteiger partial charge in [0.05, 0.1) is 11.3 Å². The first-order valence-electron chi connectivity index (χ1n) is 9.19. The zero-order valence-corrected chi connectivity index (χ0v) is 19.4. The van der Waals surface area contributed by atoms with Crippen LogP contribution in [0.5, 0.6) is 0 Å². The number of thioether (sulfide) groups is 1. The Morgan fingerprint density at radius 1 is 1.23 bits per heavy atom. The van der Waals surface area contributed by atoms with E-state index >= 15 is 0 Å². The molecule has 0 spiro atoms. The predicted octanol–water partition coefficient (Wildman–Crippen LogP) is 6.28. The fourth-order valence-corrected chi connectivity index (χ4v) is 4.89. The number of nitrogens with zero attached hydrogens (tertiary/aromatic N) is 3. The van der Waals surface area contributed by atoms with Crippen LogP contribution in [0.1, 0.15) is 32.5 Å². The number of thiazole rings is 1. The number of aromatic nitrogens is 3. The average Bonchev–Trinajstić information content (AvgIpc) is 3.38. The van der Waals surface area contributed by atoms with Crippen molar-refractivity contribution in [2.24, 2.45) is 0 Å². The van der Waals surface area contributed by atoms with E-state index in [9.17, 15) is 4.79 Å². The lowest BCUT2D eigenvalue weighted by Gasteiger charge is -2.07. The van der Waals surface area contributed by atoms with Gasteiger partial charge in [0.25, 0.3) is 5.91 Å². The van der Waals surface area contributed by atoms with Crippen LogP contribution in [0.3, 0.4) is 0 Å². The van der Waals surface area contributed by atoms with E-state index in [4.69, 9.17) is 27.7 Å². The highest BCUT2D eigenvalue weighted by Crippen LogP contribution is 2.29. The van der Waals surface area contributed by atoms with Crippen molar-refractivity contribution >= 4 is 57.3 Å². The summed E-state index contributed by atoms with van der Waals surface area (Å²) in [6.07, 6.45) is 2.32. The normalized spacial score (nSPS) is 10.9. The van der Waals surface area contributed by atoms with Crippen LogP contribution >= 0.6 is 46.3 Å². The van der Waals surface area contributed by atoms with Crippen LogP contribution in [0.25, 0.3) is 0 Å². The van der Waals surface area contributed by atoms with Gasteiger partial charge in [-0.3, -0.25) is 10.1 Å². The number of rotatable bonds is 7. The molecule has 10 heteroatoms. The second kappa shape index (κ2) is 9.82. The van der Waals surface area contributed by atoms with E-state index in [-0.39, 0.29) is 5.91 Å². The molecule has 1 N–H and O–H groups in total. The summed E-state index contributed by atoms with van der Waals surface area (Å²) < 4.78 is 5.14. The molecule has 0 radical (unpaired) electrons. The Hall–Kier alpha value is -2.39. The maximum Gasteiger partial charge on any atom is 0.258 e. The lowest BCUT2D eigenvalue weighted by molar-refractivity contribution is 0.102. The van der Waals surface area contributed by atoms with Gasteiger partial charge in [-0.2, -0.15) is 4.98 Å². The molecule has 31 heavy (non-hydrogen) atoms. The molecule has 0 atom stereocenters. The van der Waals surface area contributed by atoms with Crippen molar-refractivity contribution in [1.29, 1.82) is 0 Å². The van der Waals surface area contributed by atoms with Crippen molar-refractivity contribution in [3.05, 3.63) is 86.4 Å². The van der Waals surface area contributed by atoms with Crippen LogP contribution in [0.4, 0.5) is 5.13 Å². The molecule has 6 nitrogen and oxygen atoms in total. The molecule has 0 unspecified atom stereocenters. The van der Waals surface area contributed by atoms with E-state index in [0.717, 1.165) is 15.3 Å². The van der Waals surface area contributed by atoms with Crippen molar-refractivity contribution < 1.29 is 9.32 Å². The summed E-state index contributed by atoms with van der Waals surface area (Å²) >= 11 is 15.2. The van der Waals surface area contributed by atoms with Gasteiger partial charge in [0, 0.05) is 32.4 Å². The second-order valence-corrected chi connectivity index (χ2v) is 9.49. The lowest BCUT2D eigenvalue weighted by Crippen LogP contribution is -2.12. The third-order valence-corrected chi connectivity index (χ3v) is 6.77. The number of hydrogen-bond donors (Lipinski definition) is 1. The van der Waals surface area contributed by atoms with Crippen molar-refractivity contribution in [1.82, 2.24) is 15.1 Å². The van der Waals surface area contributed by atoms with Crippen LogP contribution in [0.15, 0.2) is 58.1 Å². The number of aryl methyl sites for hydroxylation is 1. The minimum absolute atomic E-state index is 0.230. The Morgan fingerprint density at radius 2 is 2.06 bits per heavy atom. The molecule has 0 aliphatic heterocycles. The summed E-state index contributed by atoms with van der Waals surface area (Å²) in [6.45, 7) is 1.77. The number of carbonyl (C=O) groups is 1. The van der Waals surface area contributed by atoms with Crippen molar-refractivity contribution in [3.8, 4) is 0 Å². The highest BCUT2D eigenvalue weighted by Gasteiger charge is 2.15.